The second-order valence-electron chi connectivity index (χ2n) is 4.71. The molecule has 1 aromatic heterocycles. The van der Waals surface area contributed by atoms with Crippen LogP contribution in [0.5, 0.6) is 0 Å². The highest BCUT2D eigenvalue weighted by molar-refractivity contribution is 8.01. The Balaban J connectivity index is 1.92. The van der Waals surface area contributed by atoms with Gasteiger partial charge in [0.2, 0.25) is 0 Å². The van der Waals surface area contributed by atoms with Gasteiger partial charge in [0.05, 0.1) is 25.0 Å². The van der Waals surface area contributed by atoms with Gasteiger partial charge < -0.3 is 5.32 Å². The Bertz CT molecular complexity index is 736. The summed E-state index contributed by atoms with van der Waals surface area (Å²) in [6.45, 7) is 1.75. The second-order valence-corrected chi connectivity index (χ2v) is 7.19. The Kier molecular flexibility index (Phi) is 4.10. The largest absolute Gasteiger partial charge is 0.312 e. The molecule has 0 amide bonds. The number of nitrogens with one attached hydrogen (secondary N) is 1. The number of nitro groups is 2. The summed E-state index contributed by atoms with van der Waals surface area (Å²) in [6, 6.07) is 5.78. The van der Waals surface area contributed by atoms with Crippen LogP contribution in [0, 0.1) is 20.2 Å². The number of hydrogen-bond acceptors (Lipinski definition) is 7. The van der Waals surface area contributed by atoms with Crippen LogP contribution in [0.4, 0.5) is 11.4 Å². The number of nitrogens with zero attached hydrogens (tertiary/aromatic N) is 2. The van der Waals surface area contributed by atoms with Gasteiger partial charge in [-0.3, -0.25) is 20.2 Å². The zero-order chi connectivity index (χ0) is 15.7. The van der Waals surface area contributed by atoms with Crippen molar-refractivity contribution in [3.05, 3.63) is 54.9 Å². The first-order valence-corrected chi connectivity index (χ1v) is 8.11. The van der Waals surface area contributed by atoms with E-state index >= 15 is 0 Å². The molecule has 0 unspecified atom stereocenters. The first kappa shape index (κ1) is 14.9. The molecule has 114 valence electrons. The fraction of sp³-hybridized carbons (Fsp3) is 0.231. The standard InChI is InChI=1S/C13H11N3O4S2/c17-15(18)9-1-2-12(10(6-9)16(19)20)22-13-5-8-7-14-4-3-11(8)21-13/h1-2,5-6,14H,3-4,7H2. The van der Waals surface area contributed by atoms with Crippen molar-refractivity contribution in [1.82, 2.24) is 5.32 Å². The number of thiophene rings is 1. The molecule has 7 nitrogen and oxygen atoms in total. The third-order valence-electron chi connectivity index (χ3n) is 3.28. The predicted octanol–water partition coefficient (Wildman–Crippen LogP) is 3.36. The fourth-order valence-electron chi connectivity index (χ4n) is 2.23. The molecule has 1 aliphatic rings. The highest BCUT2D eigenvalue weighted by Crippen LogP contribution is 2.41. The average molecular weight is 337 g/mol. The second kappa shape index (κ2) is 6.03. The van der Waals surface area contributed by atoms with Crippen LogP contribution in [0.1, 0.15) is 10.4 Å². The van der Waals surface area contributed by atoms with Gasteiger partial charge in [0.25, 0.3) is 11.4 Å². The van der Waals surface area contributed by atoms with Gasteiger partial charge in [-0.05, 0) is 24.1 Å². The van der Waals surface area contributed by atoms with Crippen molar-refractivity contribution in [2.75, 3.05) is 6.54 Å². The minimum Gasteiger partial charge on any atom is -0.312 e. The van der Waals surface area contributed by atoms with E-state index in [0.717, 1.165) is 29.8 Å². The lowest BCUT2D eigenvalue weighted by molar-refractivity contribution is -0.396. The molecular weight excluding hydrogens is 326 g/mol. The van der Waals surface area contributed by atoms with E-state index < -0.39 is 9.85 Å². The summed E-state index contributed by atoms with van der Waals surface area (Å²) in [5.74, 6) is 0. The Morgan fingerprint density at radius 3 is 2.68 bits per heavy atom. The summed E-state index contributed by atoms with van der Waals surface area (Å²) < 4.78 is 0.964. The lowest BCUT2D eigenvalue weighted by atomic mass is 10.1. The topological polar surface area (TPSA) is 98.3 Å². The molecule has 0 fully saturated rings. The zero-order valence-corrected chi connectivity index (χ0v) is 12.9. The normalized spacial score (nSPS) is 13.6. The number of rotatable bonds is 4. The fourth-order valence-corrected chi connectivity index (χ4v) is 4.67. The third-order valence-corrected chi connectivity index (χ3v) is 5.69. The van der Waals surface area contributed by atoms with Crippen molar-refractivity contribution < 1.29 is 9.85 Å². The van der Waals surface area contributed by atoms with Crippen molar-refractivity contribution in [2.24, 2.45) is 0 Å². The van der Waals surface area contributed by atoms with E-state index in [1.807, 2.05) is 6.07 Å². The monoisotopic (exact) mass is 337 g/mol. The van der Waals surface area contributed by atoms with E-state index in [-0.39, 0.29) is 11.4 Å². The van der Waals surface area contributed by atoms with Crippen molar-refractivity contribution >= 4 is 34.5 Å². The molecule has 2 heterocycles. The van der Waals surface area contributed by atoms with Crippen LogP contribution in [0.3, 0.4) is 0 Å². The summed E-state index contributed by atoms with van der Waals surface area (Å²) in [4.78, 5) is 22.4. The summed E-state index contributed by atoms with van der Waals surface area (Å²) in [7, 11) is 0. The lowest BCUT2D eigenvalue weighted by Crippen LogP contribution is -2.21. The minimum absolute atomic E-state index is 0.233. The van der Waals surface area contributed by atoms with Crippen LogP contribution in [0.15, 0.2) is 33.4 Å². The van der Waals surface area contributed by atoms with Gasteiger partial charge >= 0.3 is 0 Å². The molecular formula is C13H11N3O4S2. The quantitative estimate of drug-likeness (QED) is 0.678. The van der Waals surface area contributed by atoms with Gasteiger partial charge in [0.1, 0.15) is 0 Å². The Morgan fingerprint density at radius 2 is 2.00 bits per heavy atom. The molecule has 0 radical (unpaired) electrons. The summed E-state index contributed by atoms with van der Waals surface area (Å²) in [5.41, 5.74) is 0.720. The van der Waals surface area contributed by atoms with Crippen LogP contribution >= 0.6 is 23.1 Å². The average Bonchev–Trinajstić information content (AvgIpc) is 2.89. The maximum absolute atomic E-state index is 11.1. The number of benzene rings is 1. The molecule has 0 saturated carbocycles. The van der Waals surface area contributed by atoms with Crippen molar-refractivity contribution in [3.8, 4) is 0 Å². The molecule has 0 atom stereocenters. The van der Waals surface area contributed by atoms with Crippen molar-refractivity contribution in [1.29, 1.82) is 0 Å². The molecule has 0 bridgehead atoms. The predicted molar refractivity (Wildman–Crippen MR) is 83.6 cm³/mol. The molecule has 0 saturated heterocycles. The number of hydrogen-bond donors (Lipinski definition) is 1. The Hall–Kier alpha value is -1.97. The van der Waals surface area contributed by atoms with E-state index in [1.54, 1.807) is 11.3 Å². The molecule has 9 heteroatoms. The molecule has 0 aliphatic carbocycles. The number of nitro benzene ring substituents is 2. The van der Waals surface area contributed by atoms with E-state index in [0.29, 0.717) is 4.90 Å². The first-order valence-electron chi connectivity index (χ1n) is 6.47. The SMILES string of the molecule is O=[N+]([O-])c1ccc(Sc2cc3c(s2)CCNC3)c([N+](=O)[O-])c1. The number of fused-ring (bicyclic) bond motifs is 1. The smallest absolute Gasteiger partial charge is 0.290 e. The lowest BCUT2D eigenvalue weighted by Gasteiger charge is -2.10. The van der Waals surface area contributed by atoms with E-state index in [9.17, 15) is 20.2 Å². The van der Waals surface area contributed by atoms with Gasteiger partial charge in [-0.2, -0.15) is 0 Å². The van der Waals surface area contributed by atoms with Gasteiger partial charge in [-0.1, -0.05) is 11.8 Å². The summed E-state index contributed by atoms with van der Waals surface area (Å²) >= 11 is 2.91. The molecule has 2 aromatic rings. The van der Waals surface area contributed by atoms with Gasteiger partial charge in [-0.25, -0.2) is 0 Å². The molecule has 1 aromatic carbocycles. The first-order chi connectivity index (χ1) is 10.5. The van der Waals surface area contributed by atoms with Gasteiger partial charge in [0.15, 0.2) is 0 Å². The van der Waals surface area contributed by atoms with Crippen molar-refractivity contribution in [2.45, 2.75) is 22.1 Å². The molecule has 22 heavy (non-hydrogen) atoms. The van der Waals surface area contributed by atoms with Crippen LogP contribution < -0.4 is 5.32 Å². The third kappa shape index (κ3) is 2.96. The van der Waals surface area contributed by atoms with E-state index in [2.05, 4.69) is 5.32 Å². The Labute approximate surface area is 133 Å². The summed E-state index contributed by atoms with van der Waals surface area (Å²) in [5, 5.41) is 25.2. The van der Waals surface area contributed by atoms with Gasteiger partial charge in [0, 0.05) is 24.0 Å². The van der Waals surface area contributed by atoms with Crippen LogP contribution in [0.2, 0.25) is 0 Å². The molecule has 1 aliphatic heterocycles. The minimum atomic E-state index is -0.628. The zero-order valence-electron chi connectivity index (χ0n) is 11.3. The maximum Gasteiger partial charge on any atom is 0.290 e. The van der Waals surface area contributed by atoms with Crippen LogP contribution in [0.25, 0.3) is 0 Å². The molecule has 3 rings (SSSR count). The van der Waals surface area contributed by atoms with Crippen molar-refractivity contribution in [3.63, 3.8) is 0 Å². The highest BCUT2D eigenvalue weighted by atomic mass is 32.2. The van der Waals surface area contributed by atoms with Crippen LogP contribution in [-0.4, -0.2) is 16.4 Å². The molecule has 1 N–H and O–H groups in total. The maximum atomic E-state index is 11.1. The van der Waals surface area contributed by atoms with E-state index in [4.69, 9.17) is 0 Å². The van der Waals surface area contributed by atoms with Crippen LogP contribution in [-0.2, 0) is 13.0 Å². The van der Waals surface area contributed by atoms with E-state index in [1.165, 1.54) is 34.3 Å². The number of non-ortho nitro benzene ring substituents is 1. The highest BCUT2D eigenvalue weighted by Gasteiger charge is 2.21. The Morgan fingerprint density at radius 1 is 1.18 bits per heavy atom. The summed E-state index contributed by atoms with van der Waals surface area (Å²) in [6.07, 6.45) is 0.961. The van der Waals surface area contributed by atoms with Gasteiger partial charge in [-0.15, -0.1) is 11.3 Å². The molecule has 0 spiro atoms.